The molecule has 0 aromatic heterocycles. The van der Waals surface area contributed by atoms with Crippen molar-refractivity contribution in [2.75, 3.05) is 18.8 Å². The van der Waals surface area contributed by atoms with Crippen molar-refractivity contribution in [1.82, 2.24) is 10.6 Å². The Morgan fingerprint density at radius 3 is 3.06 bits per heavy atom. The first-order chi connectivity index (χ1) is 8.25. The normalized spacial score (nSPS) is 19.2. The summed E-state index contributed by atoms with van der Waals surface area (Å²) < 4.78 is 0. The van der Waals surface area contributed by atoms with Gasteiger partial charge in [0.1, 0.15) is 0 Å². The van der Waals surface area contributed by atoms with Gasteiger partial charge in [-0.05, 0) is 25.1 Å². The van der Waals surface area contributed by atoms with Crippen LogP contribution in [0.1, 0.15) is 6.42 Å². The Bertz CT molecular complexity index is 394. The first kappa shape index (κ1) is 12.7. The van der Waals surface area contributed by atoms with Crippen LogP contribution in [0.2, 0.25) is 5.02 Å². The molecule has 17 heavy (non-hydrogen) atoms. The summed E-state index contributed by atoms with van der Waals surface area (Å²) in [5, 5.41) is 6.92. The van der Waals surface area contributed by atoms with Crippen molar-refractivity contribution in [3.8, 4) is 0 Å². The fraction of sp³-hybridized carbons (Fsp3) is 0.417. The summed E-state index contributed by atoms with van der Waals surface area (Å²) in [6.07, 6.45) is 1.02. The van der Waals surface area contributed by atoms with Crippen LogP contribution >= 0.6 is 23.4 Å². The number of carbonyl (C=O) groups is 1. The summed E-state index contributed by atoms with van der Waals surface area (Å²) in [6, 6.07) is 7.86. The van der Waals surface area contributed by atoms with Crippen LogP contribution < -0.4 is 10.6 Å². The van der Waals surface area contributed by atoms with Crippen LogP contribution in [-0.4, -0.2) is 30.8 Å². The smallest absolute Gasteiger partial charge is 0.230 e. The fourth-order valence-corrected chi connectivity index (χ4v) is 2.80. The number of hydrogen-bond donors (Lipinski definition) is 2. The molecule has 1 fully saturated rings. The van der Waals surface area contributed by atoms with E-state index in [2.05, 4.69) is 10.6 Å². The van der Waals surface area contributed by atoms with Gasteiger partial charge in [-0.15, -0.1) is 11.8 Å². The molecule has 0 bridgehead atoms. The highest BCUT2D eigenvalue weighted by molar-refractivity contribution is 8.00. The van der Waals surface area contributed by atoms with E-state index in [1.165, 1.54) is 11.8 Å². The zero-order chi connectivity index (χ0) is 12.1. The van der Waals surface area contributed by atoms with E-state index in [4.69, 9.17) is 11.6 Å². The van der Waals surface area contributed by atoms with Crippen LogP contribution in [0.25, 0.3) is 0 Å². The molecule has 1 unspecified atom stereocenters. The van der Waals surface area contributed by atoms with E-state index in [0.29, 0.717) is 10.8 Å². The molecular weight excluding hydrogens is 256 g/mol. The topological polar surface area (TPSA) is 41.1 Å². The van der Waals surface area contributed by atoms with Crippen LogP contribution in [0.15, 0.2) is 29.2 Å². The minimum Gasteiger partial charge on any atom is -0.351 e. The molecule has 0 saturated carbocycles. The zero-order valence-electron chi connectivity index (χ0n) is 9.41. The number of thioether (sulfide) groups is 1. The number of benzene rings is 1. The molecule has 1 heterocycles. The number of carbonyl (C=O) groups excluding carboxylic acids is 1. The lowest BCUT2D eigenvalue weighted by molar-refractivity contribution is -0.119. The molecule has 1 atom stereocenters. The third-order valence-corrected chi connectivity index (χ3v) is 4.14. The van der Waals surface area contributed by atoms with Gasteiger partial charge in [-0.2, -0.15) is 0 Å². The van der Waals surface area contributed by atoms with Crippen molar-refractivity contribution in [3.05, 3.63) is 29.3 Å². The summed E-state index contributed by atoms with van der Waals surface area (Å²) in [6.45, 7) is 1.87. The number of halogens is 1. The lowest BCUT2D eigenvalue weighted by Crippen LogP contribution is -2.37. The van der Waals surface area contributed by atoms with Crippen molar-refractivity contribution in [3.63, 3.8) is 0 Å². The Labute approximate surface area is 110 Å². The maximum Gasteiger partial charge on any atom is 0.230 e. The Kier molecular flexibility index (Phi) is 4.71. The quantitative estimate of drug-likeness (QED) is 0.822. The maximum atomic E-state index is 11.7. The van der Waals surface area contributed by atoms with Gasteiger partial charge in [-0.3, -0.25) is 4.79 Å². The summed E-state index contributed by atoms with van der Waals surface area (Å²) >= 11 is 7.49. The molecule has 1 aliphatic rings. The Morgan fingerprint density at radius 2 is 2.35 bits per heavy atom. The molecule has 2 N–H and O–H groups in total. The van der Waals surface area contributed by atoms with Crippen LogP contribution in [0.4, 0.5) is 0 Å². The highest BCUT2D eigenvalue weighted by atomic mass is 35.5. The standard InChI is InChI=1S/C12H15ClN2OS/c13-10-3-1-2-4-11(10)17-8-12(16)15-9-5-6-14-7-9/h1-4,9,14H,5-8H2,(H,15,16). The predicted octanol–water partition coefficient (Wildman–Crippen LogP) is 1.91. The molecule has 1 amide bonds. The fourth-order valence-electron chi connectivity index (χ4n) is 1.75. The van der Waals surface area contributed by atoms with Crippen LogP contribution in [0.5, 0.6) is 0 Å². The van der Waals surface area contributed by atoms with E-state index in [1.54, 1.807) is 0 Å². The summed E-state index contributed by atoms with van der Waals surface area (Å²) in [5.74, 6) is 0.490. The van der Waals surface area contributed by atoms with Gasteiger partial charge in [0.15, 0.2) is 0 Å². The maximum absolute atomic E-state index is 11.7. The second kappa shape index (κ2) is 6.28. The van der Waals surface area contributed by atoms with Gasteiger partial charge >= 0.3 is 0 Å². The third kappa shape index (κ3) is 3.91. The molecule has 92 valence electrons. The molecule has 1 aliphatic heterocycles. The number of rotatable bonds is 4. The van der Waals surface area contributed by atoms with Gasteiger partial charge in [-0.25, -0.2) is 0 Å². The highest BCUT2D eigenvalue weighted by Gasteiger charge is 2.16. The van der Waals surface area contributed by atoms with E-state index < -0.39 is 0 Å². The third-order valence-electron chi connectivity index (χ3n) is 2.62. The van der Waals surface area contributed by atoms with E-state index >= 15 is 0 Å². The summed E-state index contributed by atoms with van der Waals surface area (Å²) in [4.78, 5) is 12.6. The number of amides is 1. The molecule has 5 heteroatoms. The highest BCUT2D eigenvalue weighted by Crippen LogP contribution is 2.26. The molecule has 0 aliphatic carbocycles. The minimum absolute atomic E-state index is 0.0728. The SMILES string of the molecule is O=C(CSc1ccccc1Cl)NC1CCNC1. The lowest BCUT2D eigenvalue weighted by Gasteiger charge is -2.11. The molecule has 1 aromatic rings. The zero-order valence-corrected chi connectivity index (χ0v) is 11.0. The van der Waals surface area contributed by atoms with Crippen molar-refractivity contribution in [1.29, 1.82) is 0 Å². The number of nitrogens with one attached hydrogen (secondary N) is 2. The van der Waals surface area contributed by atoms with E-state index in [0.717, 1.165) is 24.4 Å². The molecular formula is C12H15ClN2OS. The second-order valence-corrected chi connectivity index (χ2v) is 5.40. The molecule has 3 nitrogen and oxygen atoms in total. The average molecular weight is 271 g/mol. The second-order valence-electron chi connectivity index (χ2n) is 3.98. The van der Waals surface area contributed by atoms with Crippen molar-refractivity contribution < 1.29 is 4.79 Å². The van der Waals surface area contributed by atoms with Gasteiger partial charge in [0.2, 0.25) is 5.91 Å². The van der Waals surface area contributed by atoms with Crippen LogP contribution in [-0.2, 0) is 4.79 Å². The molecule has 0 radical (unpaired) electrons. The first-order valence-corrected chi connectivity index (χ1v) is 6.99. The van der Waals surface area contributed by atoms with E-state index in [9.17, 15) is 4.79 Å². The van der Waals surface area contributed by atoms with Gasteiger partial charge in [0.25, 0.3) is 0 Å². The Balaban J connectivity index is 1.77. The van der Waals surface area contributed by atoms with Crippen LogP contribution in [0.3, 0.4) is 0 Å². The van der Waals surface area contributed by atoms with E-state index in [-0.39, 0.29) is 11.9 Å². The molecule has 2 rings (SSSR count). The summed E-state index contributed by atoms with van der Waals surface area (Å²) in [5.41, 5.74) is 0. The van der Waals surface area contributed by atoms with Gasteiger partial charge in [0, 0.05) is 17.5 Å². The van der Waals surface area contributed by atoms with Crippen LogP contribution in [0, 0.1) is 0 Å². The Hall–Kier alpha value is -0.710. The van der Waals surface area contributed by atoms with Gasteiger partial charge in [-0.1, -0.05) is 23.7 Å². The molecule has 1 aromatic carbocycles. The van der Waals surface area contributed by atoms with Gasteiger partial charge < -0.3 is 10.6 Å². The minimum atomic E-state index is 0.0728. The predicted molar refractivity (Wildman–Crippen MR) is 71.6 cm³/mol. The largest absolute Gasteiger partial charge is 0.351 e. The number of hydrogen-bond acceptors (Lipinski definition) is 3. The first-order valence-electron chi connectivity index (χ1n) is 5.63. The molecule has 1 saturated heterocycles. The van der Waals surface area contributed by atoms with Crippen molar-refractivity contribution >= 4 is 29.3 Å². The average Bonchev–Trinajstić information content (AvgIpc) is 2.81. The van der Waals surface area contributed by atoms with Crippen molar-refractivity contribution in [2.24, 2.45) is 0 Å². The summed E-state index contributed by atoms with van der Waals surface area (Å²) in [7, 11) is 0. The lowest BCUT2D eigenvalue weighted by atomic mass is 10.3. The Morgan fingerprint density at radius 1 is 1.53 bits per heavy atom. The van der Waals surface area contributed by atoms with Crippen molar-refractivity contribution in [2.45, 2.75) is 17.4 Å². The monoisotopic (exact) mass is 270 g/mol. The van der Waals surface area contributed by atoms with E-state index in [1.807, 2.05) is 24.3 Å². The molecule has 0 spiro atoms. The van der Waals surface area contributed by atoms with Gasteiger partial charge in [0.05, 0.1) is 10.8 Å².